The third-order valence-electron chi connectivity index (χ3n) is 4.24. The topological polar surface area (TPSA) is 77.2 Å². The van der Waals surface area contributed by atoms with Crippen LogP contribution in [0.25, 0.3) is 0 Å². The number of nitrogens with zero attached hydrogens (tertiary/aromatic N) is 2. The second kappa shape index (κ2) is 5.19. The zero-order valence-corrected chi connectivity index (χ0v) is 11.7. The van der Waals surface area contributed by atoms with E-state index in [0.29, 0.717) is 0 Å². The monoisotopic (exact) mass is 263 g/mol. The van der Waals surface area contributed by atoms with Crippen molar-refractivity contribution < 1.29 is 10.5 Å². The summed E-state index contributed by atoms with van der Waals surface area (Å²) in [6.45, 7) is 1.65. The Hall–Kier alpha value is -1.59. The maximum absolute atomic E-state index is 11.9. The van der Waals surface area contributed by atoms with Crippen molar-refractivity contribution in [3.05, 3.63) is 24.3 Å². The molecule has 1 saturated heterocycles. The highest BCUT2D eigenvalue weighted by Crippen LogP contribution is 2.31. The molecule has 5 nitrogen and oxygen atoms in total. The van der Waals surface area contributed by atoms with E-state index in [-0.39, 0.29) is 5.91 Å². The minimum Gasteiger partial charge on any atom is -0.397 e. The van der Waals surface area contributed by atoms with E-state index >= 15 is 0 Å². The van der Waals surface area contributed by atoms with Gasteiger partial charge >= 0.3 is 5.91 Å². The molecule has 104 valence electrons. The molecule has 1 aromatic rings. The van der Waals surface area contributed by atoms with Crippen LogP contribution < -0.4 is 16.4 Å². The third-order valence-corrected chi connectivity index (χ3v) is 4.24. The van der Waals surface area contributed by atoms with E-state index in [1.54, 1.807) is 0 Å². The Balaban J connectivity index is 2.15. The molecular weight excluding hydrogens is 240 g/mol. The van der Waals surface area contributed by atoms with E-state index in [2.05, 4.69) is 10.6 Å². The van der Waals surface area contributed by atoms with Crippen molar-refractivity contribution >= 4 is 17.3 Å². The quantitative estimate of drug-likeness (QED) is 0.749. The van der Waals surface area contributed by atoms with Crippen LogP contribution in [-0.4, -0.2) is 43.5 Å². The number of nitrogen functional groups attached to an aromatic ring is 1. The summed E-state index contributed by atoms with van der Waals surface area (Å²) in [6.07, 6.45) is 1.58. The molecule has 1 aromatic carbocycles. The Kier molecular flexibility index (Phi) is 3.78. The number of carbonyl (C=O) groups excluding carboxylic acids is 1. The van der Waals surface area contributed by atoms with Gasteiger partial charge in [0.25, 0.3) is 0 Å². The number of hydrogen-bond acceptors (Lipinski definition) is 4. The Morgan fingerprint density at radius 2 is 1.89 bits per heavy atom. The molecule has 0 aromatic heterocycles. The maximum atomic E-state index is 11.9. The molecule has 0 atom stereocenters. The molecule has 1 amide bonds. The van der Waals surface area contributed by atoms with Gasteiger partial charge < -0.3 is 10.6 Å². The van der Waals surface area contributed by atoms with Crippen LogP contribution in [-0.2, 0) is 4.79 Å². The number of quaternary nitrogens is 1. The SMILES string of the molecule is CN(C)C1(C([NH3+])=O)CCN(c2ccccc2N)CC1. The highest BCUT2D eigenvalue weighted by molar-refractivity contribution is 5.77. The molecule has 1 fully saturated rings. The van der Waals surface area contributed by atoms with Crippen molar-refractivity contribution in [3.63, 3.8) is 0 Å². The van der Waals surface area contributed by atoms with E-state index < -0.39 is 5.54 Å². The summed E-state index contributed by atoms with van der Waals surface area (Å²) in [6, 6.07) is 7.87. The lowest BCUT2D eigenvalue weighted by Crippen LogP contribution is -2.73. The minimum atomic E-state index is -0.417. The van der Waals surface area contributed by atoms with Crippen molar-refractivity contribution in [2.45, 2.75) is 18.4 Å². The van der Waals surface area contributed by atoms with Gasteiger partial charge in [-0.3, -0.25) is 10.6 Å². The number of nitrogens with two attached hydrogens (primary N) is 1. The number of para-hydroxylation sites is 2. The molecule has 5 heteroatoms. The van der Waals surface area contributed by atoms with Crippen LogP contribution >= 0.6 is 0 Å². The Bertz CT molecular complexity index is 464. The molecule has 2 rings (SSSR count). The van der Waals surface area contributed by atoms with E-state index in [0.717, 1.165) is 37.3 Å². The van der Waals surface area contributed by atoms with E-state index in [4.69, 9.17) is 5.73 Å². The normalized spacial score (nSPS) is 18.6. The summed E-state index contributed by atoms with van der Waals surface area (Å²) in [7, 11) is 3.91. The molecule has 0 aliphatic carbocycles. The standard InChI is InChI=1S/C14H22N4O/c1-17(2)14(13(16)19)7-9-18(10-8-14)12-6-4-3-5-11(12)15/h3-6H,7-10,15H2,1-2H3,(H2,16,19)/p+1. The van der Waals surface area contributed by atoms with Gasteiger partial charge in [0.2, 0.25) is 0 Å². The molecule has 0 unspecified atom stereocenters. The van der Waals surface area contributed by atoms with Crippen molar-refractivity contribution in [2.75, 3.05) is 37.8 Å². The van der Waals surface area contributed by atoms with Gasteiger partial charge in [-0.25, -0.2) is 4.79 Å². The predicted octanol–water partition coefficient (Wildman–Crippen LogP) is -0.0621. The van der Waals surface area contributed by atoms with Gasteiger partial charge in [-0.15, -0.1) is 0 Å². The van der Waals surface area contributed by atoms with Crippen LogP contribution in [0.2, 0.25) is 0 Å². The fraction of sp³-hybridized carbons (Fsp3) is 0.500. The average Bonchev–Trinajstić information content (AvgIpc) is 2.39. The van der Waals surface area contributed by atoms with Gasteiger partial charge in [0, 0.05) is 13.1 Å². The van der Waals surface area contributed by atoms with E-state index in [1.807, 2.05) is 43.3 Å². The van der Waals surface area contributed by atoms with Crippen LogP contribution in [0, 0.1) is 0 Å². The molecule has 1 aliphatic rings. The second-order valence-electron chi connectivity index (χ2n) is 5.40. The lowest BCUT2D eigenvalue weighted by Gasteiger charge is -2.43. The molecule has 0 spiro atoms. The van der Waals surface area contributed by atoms with Crippen LogP contribution in [0.5, 0.6) is 0 Å². The number of likely N-dealkylation sites (N-methyl/N-ethyl adjacent to an activating group) is 1. The lowest BCUT2D eigenvalue weighted by molar-refractivity contribution is -0.319. The first kappa shape index (κ1) is 13.8. The molecule has 19 heavy (non-hydrogen) atoms. The van der Waals surface area contributed by atoms with Gasteiger partial charge in [0.15, 0.2) is 0 Å². The van der Waals surface area contributed by atoms with Crippen LogP contribution in [0.15, 0.2) is 24.3 Å². The Morgan fingerprint density at radius 1 is 1.32 bits per heavy atom. The Morgan fingerprint density at radius 3 is 2.37 bits per heavy atom. The second-order valence-corrected chi connectivity index (χ2v) is 5.40. The van der Waals surface area contributed by atoms with E-state index in [1.165, 1.54) is 0 Å². The number of carbonyl (C=O) groups is 1. The summed E-state index contributed by atoms with van der Waals surface area (Å²) in [5.74, 6) is 0.0122. The number of benzene rings is 1. The van der Waals surface area contributed by atoms with Gasteiger partial charge in [0.05, 0.1) is 11.4 Å². The van der Waals surface area contributed by atoms with Crippen molar-refractivity contribution in [1.29, 1.82) is 0 Å². The van der Waals surface area contributed by atoms with Crippen LogP contribution in [0.1, 0.15) is 12.8 Å². The summed E-state index contributed by atoms with van der Waals surface area (Å²) < 4.78 is 0. The van der Waals surface area contributed by atoms with Gasteiger partial charge in [0.1, 0.15) is 5.54 Å². The summed E-state index contributed by atoms with van der Waals surface area (Å²) >= 11 is 0. The number of hydrogen-bond donors (Lipinski definition) is 2. The summed E-state index contributed by atoms with van der Waals surface area (Å²) in [5, 5.41) is 0. The van der Waals surface area contributed by atoms with Gasteiger partial charge in [-0.1, -0.05) is 12.1 Å². The number of amides is 1. The first-order chi connectivity index (χ1) is 8.97. The van der Waals surface area contributed by atoms with Crippen molar-refractivity contribution in [1.82, 2.24) is 4.90 Å². The number of anilines is 2. The van der Waals surface area contributed by atoms with Gasteiger partial charge in [-0.2, -0.15) is 0 Å². The minimum absolute atomic E-state index is 0.0122. The van der Waals surface area contributed by atoms with Gasteiger partial charge in [-0.05, 0) is 39.1 Å². The maximum Gasteiger partial charge on any atom is 0.329 e. The molecule has 0 saturated carbocycles. The highest BCUT2D eigenvalue weighted by Gasteiger charge is 2.44. The van der Waals surface area contributed by atoms with Crippen molar-refractivity contribution in [3.8, 4) is 0 Å². The fourth-order valence-corrected chi connectivity index (χ4v) is 2.87. The predicted molar refractivity (Wildman–Crippen MR) is 76.6 cm³/mol. The molecule has 0 radical (unpaired) electrons. The number of rotatable bonds is 3. The van der Waals surface area contributed by atoms with Crippen LogP contribution in [0.4, 0.5) is 11.4 Å². The molecule has 1 heterocycles. The van der Waals surface area contributed by atoms with E-state index in [9.17, 15) is 4.79 Å². The molecule has 5 N–H and O–H groups in total. The van der Waals surface area contributed by atoms with Crippen molar-refractivity contribution in [2.24, 2.45) is 0 Å². The molecular formula is C14H23N4O+. The fourth-order valence-electron chi connectivity index (χ4n) is 2.87. The lowest BCUT2D eigenvalue weighted by atomic mass is 9.85. The zero-order chi connectivity index (χ0) is 14.0. The first-order valence-electron chi connectivity index (χ1n) is 6.60. The first-order valence-corrected chi connectivity index (χ1v) is 6.60. The Labute approximate surface area is 114 Å². The summed E-state index contributed by atoms with van der Waals surface area (Å²) in [4.78, 5) is 16.1. The highest BCUT2D eigenvalue weighted by atomic mass is 16.1. The number of piperidine rings is 1. The smallest absolute Gasteiger partial charge is 0.329 e. The largest absolute Gasteiger partial charge is 0.397 e. The molecule has 0 bridgehead atoms. The average molecular weight is 263 g/mol. The third kappa shape index (κ3) is 2.43. The summed E-state index contributed by atoms with van der Waals surface area (Å²) in [5.41, 5.74) is 11.1. The molecule has 1 aliphatic heterocycles. The zero-order valence-electron chi connectivity index (χ0n) is 11.7. The van der Waals surface area contributed by atoms with Crippen LogP contribution in [0.3, 0.4) is 0 Å².